The number of anilines is 1. The number of imide groups is 1. The van der Waals surface area contributed by atoms with Crippen molar-refractivity contribution in [1.29, 1.82) is 0 Å². The predicted octanol–water partition coefficient (Wildman–Crippen LogP) is 4.82. The number of benzene rings is 2. The third-order valence-electron chi connectivity index (χ3n) is 5.23. The van der Waals surface area contributed by atoms with E-state index in [-0.39, 0.29) is 33.4 Å². The van der Waals surface area contributed by atoms with Crippen molar-refractivity contribution >= 4 is 52.2 Å². The number of hydrogen-bond donors (Lipinski definition) is 1. The highest BCUT2D eigenvalue weighted by Crippen LogP contribution is 2.36. The number of Topliss-reactive ketones (excluding diaryl/α,β-unsaturated/α-hetero) is 1. The zero-order valence-corrected chi connectivity index (χ0v) is 17.9. The van der Waals surface area contributed by atoms with Crippen LogP contribution in [0.1, 0.15) is 54.4 Å². The Morgan fingerprint density at radius 2 is 1.84 bits per heavy atom. The summed E-state index contributed by atoms with van der Waals surface area (Å²) in [5, 5.41) is 11.0. The molecule has 1 aliphatic heterocycles. The average Bonchev–Trinajstić information content (AvgIpc) is 3.19. The minimum Gasteiger partial charge on any atom is -0.477 e. The highest BCUT2D eigenvalue weighted by atomic mass is 35.5. The Balaban J connectivity index is 1.74. The third-order valence-corrected chi connectivity index (χ3v) is 6.57. The maximum absolute atomic E-state index is 13.1. The number of carbonyl (C=O) groups is 4. The second kappa shape index (κ2) is 8.09. The summed E-state index contributed by atoms with van der Waals surface area (Å²) in [4.78, 5) is 51.2. The summed E-state index contributed by atoms with van der Waals surface area (Å²) >= 11 is 7.20. The Bertz CT molecular complexity index is 1230. The molecule has 1 unspecified atom stereocenters. The van der Waals surface area contributed by atoms with Gasteiger partial charge in [0.15, 0.2) is 5.78 Å². The molecule has 2 heterocycles. The molecule has 1 N–H and O–H groups in total. The lowest BCUT2D eigenvalue weighted by molar-refractivity contribution is -0.117. The van der Waals surface area contributed by atoms with Crippen LogP contribution < -0.4 is 4.90 Å². The number of aromatic carboxylic acids is 1. The van der Waals surface area contributed by atoms with Crippen molar-refractivity contribution in [3.63, 3.8) is 0 Å². The molecule has 0 saturated carbocycles. The highest BCUT2D eigenvalue weighted by molar-refractivity contribution is 7.12. The molecule has 1 aromatic heterocycles. The molecule has 4 rings (SSSR count). The van der Waals surface area contributed by atoms with Crippen molar-refractivity contribution in [1.82, 2.24) is 0 Å². The smallest absolute Gasteiger partial charge is 0.346 e. The summed E-state index contributed by atoms with van der Waals surface area (Å²) < 4.78 is 0. The predicted molar refractivity (Wildman–Crippen MR) is 117 cm³/mol. The Morgan fingerprint density at radius 3 is 2.52 bits per heavy atom. The van der Waals surface area contributed by atoms with Crippen molar-refractivity contribution in [2.45, 2.75) is 19.3 Å². The number of ketones is 1. The molecule has 1 atom stereocenters. The van der Waals surface area contributed by atoms with Gasteiger partial charge in [0.2, 0.25) is 5.91 Å². The number of fused-ring (bicyclic) bond motifs is 1. The second-order valence-corrected chi connectivity index (χ2v) is 8.43. The number of hydrogen-bond acceptors (Lipinski definition) is 5. The van der Waals surface area contributed by atoms with Crippen LogP contribution in [0.25, 0.3) is 0 Å². The Morgan fingerprint density at radius 1 is 1.13 bits per heavy atom. The summed E-state index contributed by atoms with van der Waals surface area (Å²) in [6, 6.07) is 13.7. The van der Waals surface area contributed by atoms with Crippen LogP contribution >= 0.6 is 22.9 Å². The number of carbonyl (C=O) groups excluding carboxylic acids is 3. The van der Waals surface area contributed by atoms with Gasteiger partial charge in [-0.1, -0.05) is 48.9 Å². The van der Waals surface area contributed by atoms with Crippen LogP contribution in [0, 0.1) is 0 Å². The first-order chi connectivity index (χ1) is 14.8. The number of halogens is 1. The number of carboxylic acid groups (broad SMARTS) is 1. The summed E-state index contributed by atoms with van der Waals surface area (Å²) in [6.07, 6.45) is -0.125. The van der Waals surface area contributed by atoms with E-state index in [1.54, 1.807) is 13.0 Å². The Hall–Kier alpha value is -3.29. The number of carboxylic acids is 1. The van der Waals surface area contributed by atoms with Crippen LogP contribution in [-0.2, 0) is 11.2 Å². The van der Waals surface area contributed by atoms with Crippen LogP contribution in [0.15, 0.2) is 53.9 Å². The second-order valence-electron chi connectivity index (χ2n) is 7.14. The molecule has 0 aliphatic carbocycles. The lowest BCUT2D eigenvalue weighted by Gasteiger charge is -2.27. The van der Waals surface area contributed by atoms with Crippen molar-refractivity contribution < 1.29 is 24.3 Å². The van der Waals surface area contributed by atoms with Gasteiger partial charge in [0.05, 0.1) is 22.7 Å². The standard InChI is InChI=1S/C23H16ClNO5S/c1-12(13-5-3-2-4-6-13)20(27)14-7-8-16(24)17(9-14)25-18(26)10-15-11-31-21(23(29)30)19(15)22(25)28/h2-9,11-12H,10H2,1H3,(H,29,30). The maximum atomic E-state index is 13.1. The van der Waals surface area contributed by atoms with E-state index in [1.807, 2.05) is 30.3 Å². The van der Waals surface area contributed by atoms with E-state index in [4.69, 9.17) is 11.6 Å². The molecule has 3 aromatic rings. The Kier molecular flexibility index (Phi) is 5.47. The van der Waals surface area contributed by atoms with Gasteiger partial charge in [0.1, 0.15) is 4.88 Å². The number of rotatable bonds is 5. The first-order valence-corrected chi connectivity index (χ1v) is 10.6. The van der Waals surface area contributed by atoms with Gasteiger partial charge in [-0.2, -0.15) is 0 Å². The summed E-state index contributed by atoms with van der Waals surface area (Å²) in [6.45, 7) is 1.78. The monoisotopic (exact) mass is 453 g/mol. The van der Waals surface area contributed by atoms with Gasteiger partial charge in [0, 0.05) is 11.5 Å². The van der Waals surface area contributed by atoms with Crippen LogP contribution in [0.5, 0.6) is 0 Å². The molecule has 2 aromatic carbocycles. The molecule has 0 fully saturated rings. The normalized spacial score (nSPS) is 14.3. The van der Waals surface area contributed by atoms with Crippen LogP contribution in [0.4, 0.5) is 5.69 Å². The molecule has 0 bridgehead atoms. The Labute approximate surface area is 186 Å². The van der Waals surface area contributed by atoms with Gasteiger partial charge >= 0.3 is 5.97 Å². The number of thiophene rings is 1. The summed E-state index contributed by atoms with van der Waals surface area (Å²) in [7, 11) is 0. The fourth-order valence-electron chi connectivity index (χ4n) is 3.61. The van der Waals surface area contributed by atoms with Gasteiger partial charge in [-0.15, -0.1) is 11.3 Å². The summed E-state index contributed by atoms with van der Waals surface area (Å²) in [5.74, 6) is -3.16. The van der Waals surface area contributed by atoms with Crippen LogP contribution in [-0.4, -0.2) is 28.7 Å². The first kappa shape index (κ1) is 21.0. The topological polar surface area (TPSA) is 91.8 Å². The average molecular weight is 454 g/mol. The maximum Gasteiger partial charge on any atom is 0.346 e. The quantitative estimate of drug-likeness (QED) is 0.442. The first-order valence-electron chi connectivity index (χ1n) is 9.39. The molecule has 0 radical (unpaired) electrons. The molecule has 0 spiro atoms. The lowest BCUT2D eigenvalue weighted by Crippen LogP contribution is -2.43. The number of nitrogens with zero attached hydrogens (tertiary/aromatic N) is 1. The minimum absolute atomic E-state index is 0.0115. The molecule has 8 heteroatoms. The van der Waals surface area contributed by atoms with E-state index in [9.17, 15) is 24.3 Å². The molecule has 0 saturated heterocycles. The van der Waals surface area contributed by atoms with Crippen LogP contribution in [0.3, 0.4) is 0 Å². The van der Waals surface area contributed by atoms with Gasteiger partial charge in [0.25, 0.3) is 5.91 Å². The van der Waals surface area contributed by atoms with Gasteiger partial charge in [-0.05, 0) is 34.7 Å². The van der Waals surface area contributed by atoms with Crippen LogP contribution in [0.2, 0.25) is 5.02 Å². The van der Waals surface area contributed by atoms with E-state index in [0.717, 1.165) is 21.8 Å². The van der Waals surface area contributed by atoms with E-state index in [2.05, 4.69) is 0 Å². The fraction of sp³-hybridized carbons (Fsp3) is 0.130. The lowest BCUT2D eigenvalue weighted by atomic mass is 9.92. The molecule has 1 aliphatic rings. The van der Waals surface area contributed by atoms with Crippen molar-refractivity contribution in [3.05, 3.63) is 86.1 Å². The molecular formula is C23H16ClNO5S. The number of amides is 2. The SMILES string of the molecule is CC(C(=O)c1ccc(Cl)c(N2C(=O)Cc3csc(C(=O)O)c3C2=O)c1)c1ccccc1. The van der Waals surface area contributed by atoms with Crippen molar-refractivity contribution in [2.24, 2.45) is 0 Å². The zero-order valence-electron chi connectivity index (χ0n) is 16.3. The fourth-order valence-corrected chi connectivity index (χ4v) is 4.71. The van der Waals surface area contributed by atoms with Gasteiger partial charge < -0.3 is 5.11 Å². The van der Waals surface area contributed by atoms with E-state index in [1.165, 1.54) is 17.5 Å². The zero-order chi connectivity index (χ0) is 22.3. The van der Waals surface area contributed by atoms with E-state index < -0.39 is 23.7 Å². The molecule has 6 nitrogen and oxygen atoms in total. The summed E-state index contributed by atoms with van der Waals surface area (Å²) in [5.41, 5.74) is 1.57. The van der Waals surface area contributed by atoms with Crippen molar-refractivity contribution in [3.8, 4) is 0 Å². The molecule has 2 amide bonds. The van der Waals surface area contributed by atoms with E-state index >= 15 is 0 Å². The van der Waals surface area contributed by atoms with Crippen molar-refractivity contribution in [2.75, 3.05) is 4.90 Å². The van der Waals surface area contributed by atoms with Gasteiger partial charge in [-0.25, -0.2) is 9.69 Å². The van der Waals surface area contributed by atoms with E-state index in [0.29, 0.717) is 11.1 Å². The largest absolute Gasteiger partial charge is 0.477 e. The molecule has 31 heavy (non-hydrogen) atoms. The third kappa shape index (κ3) is 3.66. The molecular weight excluding hydrogens is 438 g/mol. The highest BCUT2D eigenvalue weighted by Gasteiger charge is 2.38. The molecule has 156 valence electrons. The van der Waals surface area contributed by atoms with Gasteiger partial charge in [-0.3, -0.25) is 14.4 Å². The minimum atomic E-state index is -1.24.